The fraction of sp³-hybridized carbons (Fsp3) is 0.462. The maximum Gasteiger partial charge on any atom is 0.261 e. The van der Waals surface area contributed by atoms with Crippen LogP contribution in [0.4, 0.5) is 0 Å². The molecule has 1 fully saturated rings. The van der Waals surface area contributed by atoms with Gasteiger partial charge < -0.3 is 15.0 Å². The lowest BCUT2D eigenvalue weighted by Gasteiger charge is -2.31. The highest BCUT2D eigenvalue weighted by molar-refractivity contribution is 9.10. The molecule has 2 amide bonds. The maximum absolute atomic E-state index is 13.2. The Morgan fingerprint density at radius 2 is 1.73 bits per heavy atom. The molecule has 0 aromatic heterocycles. The summed E-state index contributed by atoms with van der Waals surface area (Å²) < 4.78 is 6.78. The first kappa shape index (κ1) is 25.6. The Labute approximate surface area is 210 Å². The Kier molecular flexibility index (Phi) is 9.21. The van der Waals surface area contributed by atoms with Gasteiger partial charge in [0.1, 0.15) is 11.8 Å². The van der Waals surface area contributed by atoms with E-state index in [1.807, 2.05) is 50.2 Å². The third-order valence-electron chi connectivity index (χ3n) is 6.16. The maximum atomic E-state index is 13.2. The van der Waals surface area contributed by atoms with Crippen LogP contribution in [0.15, 0.2) is 40.9 Å². The van der Waals surface area contributed by atoms with Gasteiger partial charge in [0.2, 0.25) is 5.91 Å². The van der Waals surface area contributed by atoms with Gasteiger partial charge in [0.25, 0.3) is 5.91 Å². The molecule has 33 heavy (non-hydrogen) atoms. The third-order valence-corrected chi connectivity index (χ3v) is 7.28. The summed E-state index contributed by atoms with van der Waals surface area (Å²) in [6, 6.07) is 11.0. The van der Waals surface area contributed by atoms with Crippen molar-refractivity contribution in [3.05, 3.63) is 62.6 Å². The molecule has 1 saturated carbocycles. The molecule has 3 rings (SSSR count). The van der Waals surface area contributed by atoms with Crippen LogP contribution in [0.2, 0.25) is 5.02 Å². The van der Waals surface area contributed by atoms with Gasteiger partial charge in [0.05, 0.1) is 0 Å². The summed E-state index contributed by atoms with van der Waals surface area (Å²) in [5.74, 6) is 0.227. The third kappa shape index (κ3) is 7.21. The first-order chi connectivity index (χ1) is 15.7. The molecular formula is C26H32BrClN2O3. The van der Waals surface area contributed by atoms with Gasteiger partial charge in [-0.25, -0.2) is 0 Å². The monoisotopic (exact) mass is 534 g/mol. The molecule has 0 spiro atoms. The number of rotatable bonds is 8. The van der Waals surface area contributed by atoms with Crippen molar-refractivity contribution >= 4 is 39.3 Å². The predicted octanol–water partition coefficient (Wildman–Crippen LogP) is 5.96. The van der Waals surface area contributed by atoms with Gasteiger partial charge in [-0.1, -0.05) is 58.9 Å². The lowest BCUT2D eigenvalue weighted by molar-refractivity contribution is -0.142. The van der Waals surface area contributed by atoms with Crippen molar-refractivity contribution < 1.29 is 14.3 Å². The smallest absolute Gasteiger partial charge is 0.261 e. The molecule has 178 valence electrons. The molecule has 1 aliphatic carbocycles. The second kappa shape index (κ2) is 11.9. The fourth-order valence-corrected chi connectivity index (χ4v) is 4.53. The molecule has 1 unspecified atom stereocenters. The van der Waals surface area contributed by atoms with Gasteiger partial charge in [0, 0.05) is 22.1 Å². The number of aryl methyl sites for hydroxylation is 2. The summed E-state index contributed by atoms with van der Waals surface area (Å²) in [5.41, 5.74) is 2.74. The number of hydrogen-bond acceptors (Lipinski definition) is 3. The number of amides is 2. The Morgan fingerprint density at radius 3 is 2.33 bits per heavy atom. The van der Waals surface area contributed by atoms with Crippen LogP contribution in [-0.2, 0) is 16.1 Å². The normalized spacial score (nSPS) is 15.1. The first-order valence-electron chi connectivity index (χ1n) is 11.5. The summed E-state index contributed by atoms with van der Waals surface area (Å²) in [6.07, 6.45) is 5.48. The highest BCUT2D eigenvalue weighted by atomic mass is 79.9. The largest absolute Gasteiger partial charge is 0.484 e. The summed E-state index contributed by atoms with van der Waals surface area (Å²) in [6.45, 7) is 5.76. The fourth-order valence-electron chi connectivity index (χ4n) is 4.16. The van der Waals surface area contributed by atoms with Crippen molar-refractivity contribution in [2.75, 3.05) is 6.61 Å². The standard InChI is InChI=1S/C26H32BrClN2O3/c1-17-13-23(14-18(2)25(17)28)33-16-24(31)30(15-20-9-11-21(27)12-10-20)19(3)26(32)29-22-7-5-4-6-8-22/h9-14,19,22H,4-8,15-16H2,1-3H3,(H,29,32). The van der Waals surface area contributed by atoms with E-state index in [9.17, 15) is 9.59 Å². The zero-order valence-electron chi connectivity index (χ0n) is 19.5. The van der Waals surface area contributed by atoms with Crippen LogP contribution in [0.3, 0.4) is 0 Å². The number of nitrogens with zero attached hydrogens (tertiary/aromatic N) is 1. The van der Waals surface area contributed by atoms with E-state index in [1.165, 1.54) is 6.42 Å². The number of carbonyl (C=O) groups excluding carboxylic acids is 2. The van der Waals surface area contributed by atoms with Gasteiger partial charge in [0.15, 0.2) is 6.61 Å². The minimum absolute atomic E-state index is 0.120. The summed E-state index contributed by atoms with van der Waals surface area (Å²) >= 11 is 9.68. The Balaban J connectivity index is 1.72. The van der Waals surface area contributed by atoms with E-state index in [1.54, 1.807) is 11.8 Å². The zero-order chi connectivity index (χ0) is 24.0. The van der Waals surface area contributed by atoms with Crippen LogP contribution in [0.1, 0.15) is 55.7 Å². The van der Waals surface area contributed by atoms with Crippen molar-refractivity contribution in [2.24, 2.45) is 0 Å². The van der Waals surface area contributed by atoms with Crippen LogP contribution in [0.25, 0.3) is 0 Å². The first-order valence-corrected chi connectivity index (χ1v) is 12.7. The van der Waals surface area contributed by atoms with Crippen molar-refractivity contribution in [1.29, 1.82) is 0 Å². The highest BCUT2D eigenvalue weighted by Gasteiger charge is 2.28. The zero-order valence-corrected chi connectivity index (χ0v) is 21.8. The van der Waals surface area contributed by atoms with E-state index in [0.29, 0.717) is 17.3 Å². The van der Waals surface area contributed by atoms with Gasteiger partial charge in [-0.05, 0) is 74.6 Å². The molecule has 1 N–H and O–H groups in total. The Bertz CT molecular complexity index is 951. The molecule has 1 aliphatic rings. The molecule has 0 saturated heterocycles. The molecule has 5 nitrogen and oxygen atoms in total. The number of carbonyl (C=O) groups is 2. The van der Waals surface area contributed by atoms with Gasteiger partial charge in [-0.3, -0.25) is 9.59 Å². The summed E-state index contributed by atoms with van der Waals surface area (Å²) in [4.78, 5) is 27.9. The van der Waals surface area contributed by atoms with Gasteiger partial charge in [-0.2, -0.15) is 0 Å². The average molecular weight is 536 g/mol. The van der Waals surface area contributed by atoms with Crippen LogP contribution < -0.4 is 10.1 Å². The second-order valence-electron chi connectivity index (χ2n) is 8.83. The number of ether oxygens (including phenoxy) is 1. The predicted molar refractivity (Wildman–Crippen MR) is 136 cm³/mol. The molecule has 0 bridgehead atoms. The van der Waals surface area contributed by atoms with Gasteiger partial charge in [-0.15, -0.1) is 0 Å². The van der Waals surface area contributed by atoms with Crippen LogP contribution in [0.5, 0.6) is 5.75 Å². The van der Waals surface area contributed by atoms with Crippen LogP contribution in [-0.4, -0.2) is 35.4 Å². The van der Waals surface area contributed by atoms with Crippen molar-refractivity contribution in [2.45, 2.75) is 71.5 Å². The van der Waals surface area contributed by atoms with E-state index in [0.717, 1.165) is 46.8 Å². The van der Waals surface area contributed by atoms with Crippen molar-refractivity contribution in [3.63, 3.8) is 0 Å². The highest BCUT2D eigenvalue weighted by Crippen LogP contribution is 2.26. The molecule has 2 aromatic rings. The number of nitrogens with one attached hydrogen (secondary N) is 1. The van der Waals surface area contributed by atoms with E-state index in [4.69, 9.17) is 16.3 Å². The molecule has 1 atom stereocenters. The minimum atomic E-state index is -0.611. The molecule has 7 heteroatoms. The number of hydrogen-bond donors (Lipinski definition) is 1. The molecule has 2 aromatic carbocycles. The lowest BCUT2D eigenvalue weighted by Crippen LogP contribution is -2.51. The number of halogens is 2. The van der Waals surface area contributed by atoms with E-state index in [2.05, 4.69) is 21.2 Å². The van der Waals surface area contributed by atoms with E-state index < -0.39 is 6.04 Å². The van der Waals surface area contributed by atoms with Crippen molar-refractivity contribution in [1.82, 2.24) is 10.2 Å². The second-order valence-corrected chi connectivity index (χ2v) is 10.1. The Morgan fingerprint density at radius 1 is 1.12 bits per heavy atom. The molecule has 0 heterocycles. The number of benzene rings is 2. The lowest BCUT2D eigenvalue weighted by atomic mass is 9.95. The van der Waals surface area contributed by atoms with E-state index >= 15 is 0 Å². The van der Waals surface area contributed by atoms with Crippen LogP contribution >= 0.6 is 27.5 Å². The summed E-state index contributed by atoms with van der Waals surface area (Å²) in [7, 11) is 0. The summed E-state index contributed by atoms with van der Waals surface area (Å²) in [5, 5.41) is 3.84. The quantitative estimate of drug-likeness (QED) is 0.453. The molecular weight excluding hydrogens is 504 g/mol. The topological polar surface area (TPSA) is 58.6 Å². The van der Waals surface area contributed by atoms with Gasteiger partial charge >= 0.3 is 0 Å². The van der Waals surface area contributed by atoms with Crippen molar-refractivity contribution in [3.8, 4) is 5.75 Å². The van der Waals surface area contributed by atoms with E-state index in [-0.39, 0.29) is 24.5 Å². The average Bonchev–Trinajstić information content (AvgIpc) is 2.80. The Hall–Kier alpha value is -2.05. The molecule has 0 radical (unpaired) electrons. The SMILES string of the molecule is Cc1cc(OCC(=O)N(Cc2ccc(Br)cc2)C(C)C(=O)NC2CCCCC2)cc(C)c1Cl. The van der Waals surface area contributed by atoms with Crippen LogP contribution in [0, 0.1) is 13.8 Å². The minimum Gasteiger partial charge on any atom is -0.484 e. The molecule has 0 aliphatic heterocycles.